The van der Waals surface area contributed by atoms with Crippen LogP contribution >= 0.6 is 0 Å². The zero-order chi connectivity index (χ0) is 16.0. The monoisotopic (exact) mass is 302 g/mol. The molecule has 1 aliphatic rings. The van der Waals surface area contributed by atoms with E-state index in [9.17, 15) is 14.7 Å². The molecule has 1 saturated heterocycles. The van der Waals surface area contributed by atoms with Crippen LogP contribution in [0.15, 0.2) is 0 Å². The fourth-order valence-corrected chi connectivity index (χ4v) is 2.30. The van der Waals surface area contributed by atoms with Crippen molar-refractivity contribution in [2.45, 2.75) is 51.4 Å². The van der Waals surface area contributed by atoms with Crippen LogP contribution in [-0.2, 0) is 14.3 Å². The molecule has 7 heteroatoms. The molecule has 0 aliphatic carbocycles. The van der Waals surface area contributed by atoms with Gasteiger partial charge in [0.25, 0.3) is 0 Å². The van der Waals surface area contributed by atoms with Crippen LogP contribution in [0.4, 0.5) is 4.79 Å². The molecule has 1 aliphatic heterocycles. The first-order valence-electron chi connectivity index (χ1n) is 7.17. The SMILES string of the molecule is COC(=O)CCN1C[C@@H](O)C[C@@H]1CNC(=O)OC(C)(C)C. The van der Waals surface area contributed by atoms with Crippen molar-refractivity contribution in [3.8, 4) is 0 Å². The molecule has 0 unspecified atom stereocenters. The van der Waals surface area contributed by atoms with Gasteiger partial charge in [-0.3, -0.25) is 9.69 Å². The van der Waals surface area contributed by atoms with Crippen LogP contribution in [0.3, 0.4) is 0 Å². The highest BCUT2D eigenvalue weighted by molar-refractivity contribution is 5.69. The van der Waals surface area contributed by atoms with Gasteiger partial charge in [-0.2, -0.15) is 0 Å². The van der Waals surface area contributed by atoms with Crippen molar-refractivity contribution in [1.82, 2.24) is 10.2 Å². The Labute approximate surface area is 125 Å². The third-order valence-corrected chi connectivity index (χ3v) is 3.22. The number of nitrogens with zero attached hydrogens (tertiary/aromatic N) is 1. The van der Waals surface area contributed by atoms with Gasteiger partial charge >= 0.3 is 12.1 Å². The minimum absolute atomic E-state index is 0.00262. The van der Waals surface area contributed by atoms with Gasteiger partial charge in [0.15, 0.2) is 0 Å². The van der Waals surface area contributed by atoms with Gasteiger partial charge in [-0.05, 0) is 27.2 Å². The summed E-state index contributed by atoms with van der Waals surface area (Å²) in [6, 6.07) is -0.00262. The molecule has 21 heavy (non-hydrogen) atoms. The molecule has 1 amide bonds. The number of ether oxygens (including phenoxy) is 2. The molecule has 0 spiro atoms. The zero-order valence-corrected chi connectivity index (χ0v) is 13.2. The van der Waals surface area contributed by atoms with E-state index in [4.69, 9.17) is 4.74 Å². The molecule has 0 aromatic rings. The second-order valence-corrected chi connectivity index (χ2v) is 6.25. The van der Waals surface area contributed by atoms with Gasteiger partial charge in [0.1, 0.15) is 5.60 Å². The zero-order valence-electron chi connectivity index (χ0n) is 13.2. The Bertz CT molecular complexity index is 367. The van der Waals surface area contributed by atoms with E-state index in [0.717, 1.165) is 0 Å². The lowest BCUT2D eigenvalue weighted by molar-refractivity contribution is -0.141. The van der Waals surface area contributed by atoms with Crippen LogP contribution in [0, 0.1) is 0 Å². The third-order valence-electron chi connectivity index (χ3n) is 3.22. The quantitative estimate of drug-likeness (QED) is 0.719. The fraction of sp³-hybridized carbons (Fsp3) is 0.857. The Morgan fingerprint density at radius 2 is 2.05 bits per heavy atom. The molecule has 2 N–H and O–H groups in total. The smallest absolute Gasteiger partial charge is 0.407 e. The van der Waals surface area contributed by atoms with Crippen LogP contribution < -0.4 is 5.32 Å². The maximum Gasteiger partial charge on any atom is 0.407 e. The first-order valence-corrected chi connectivity index (χ1v) is 7.17. The highest BCUT2D eigenvalue weighted by Crippen LogP contribution is 2.18. The Hall–Kier alpha value is -1.34. The summed E-state index contributed by atoms with van der Waals surface area (Å²) in [5.41, 5.74) is -0.538. The van der Waals surface area contributed by atoms with Gasteiger partial charge in [0.2, 0.25) is 0 Å². The third kappa shape index (κ3) is 6.77. The number of carbonyl (C=O) groups is 2. The number of rotatable bonds is 5. The topological polar surface area (TPSA) is 88.1 Å². The first-order chi connectivity index (χ1) is 9.71. The first kappa shape index (κ1) is 17.7. The van der Waals surface area contributed by atoms with E-state index in [1.165, 1.54) is 7.11 Å². The van der Waals surface area contributed by atoms with E-state index < -0.39 is 17.8 Å². The number of likely N-dealkylation sites (tertiary alicyclic amines) is 1. The van der Waals surface area contributed by atoms with Crippen molar-refractivity contribution in [3.05, 3.63) is 0 Å². The number of methoxy groups -OCH3 is 1. The molecule has 0 radical (unpaired) electrons. The van der Waals surface area contributed by atoms with Gasteiger partial charge < -0.3 is 19.9 Å². The van der Waals surface area contributed by atoms with Crippen LogP contribution in [0.2, 0.25) is 0 Å². The maximum atomic E-state index is 11.6. The lowest BCUT2D eigenvalue weighted by Gasteiger charge is -2.25. The molecule has 1 heterocycles. The number of nitrogens with one attached hydrogen (secondary N) is 1. The molecule has 0 aromatic carbocycles. The van der Waals surface area contributed by atoms with Crippen molar-refractivity contribution < 1.29 is 24.2 Å². The van der Waals surface area contributed by atoms with E-state index >= 15 is 0 Å². The number of carbonyl (C=O) groups excluding carboxylic acids is 2. The van der Waals surface area contributed by atoms with Crippen molar-refractivity contribution in [1.29, 1.82) is 0 Å². The molecule has 2 atom stereocenters. The molecule has 0 bridgehead atoms. The Kier molecular flexibility index (Phi) is 6.42. The Balaban J connectivity index is 2.40. The van der Waals surface area contributed by atoms with E-state index in [0.29, 0.717) is 26.1 Å². The summed E-state index contributed by atoms with van der Waals surface area (Å²) in [6.07, 6.45) is -0.0757. The molecule has 0 aromatic heterocycles. The summed E-state index contributed by atoms with van der Waals surface area (Å²) in [6.45, 7) is 6.78. The second kappa shape index (κ2) is 7.61. The minimum Gasteiger partial charge on any atom is -0.469 e. The summed E-state index contributed by atoms with van der Waals surface area (Å²) >= 11 is 0. The summed E-state index contributed by atoms with van der Waals surface area (Å²) in [7, 11) is 1.35. The van der Waals surface area contributed by atoms with Gasteiger partial charge in [-0.1, -0.05) is 0 Å². The number of hydrogen-bond acceptors (Lipinski definition) is 6. The average Bonchev–Trinajstić information content (AvgIpc) is 2.72. The number of aliphatic hydroxyl groups excluding tert-OH is 1. The highest BCUT2D eigenvalue weighted by atomic mass is 16.6. The molecule has 122 valence electrons. The van der Waals surface area contributed by atoms with Gasteiger partial charge in [-0.25, -0.2) is 4.79 Å². The van der Waals surface area contributed by atoms with Crippen molar-refractivity contribution in [2.75, 3.05) is 26.7 Å². The molecule has 1 fully saturated rings. The Morgan fingerprint density at radius 1 is 1.38 bits per heavy atom. The van der Waals surface area contributed by atoms with E-state index in [2.05, 4.69) is 10.1 Å². The number of esters is 1. The summed E-state index contributed by atoms with van der Waals surface area (Å²) < 4.78 is 9.78. The number of hydrogen-bond donors (Lipinski definition) is 2. The van der Waals surface area contributed by atoms with Crippen LogP contribution in [0.5, 0.6) is 0 Å². The summed E-state index contributed by atoms with van der Waals surface area (Å²) in [4.78, 5) is 24.8. The average molecular weight is 302 g/mol. The highest BCUT2D eigenvalue weighted by Gasteiger charge is 2.31. The van der Waals surface area contributed by atoms with Gasteiger partial charge in [-0.15, -0.1) is 0 Å². The fourth-order valence-electron chi connectivity index (χ4n) is 2.30. The molecule has 1 rings (SSSR count). The number of β-amino-alcohol motifs (C(OH)–C–C–N with tert-alkyl or cyclic N) is 1. The molecule has 7 nitrogen and oxygen atoms in total. The van der Waals surface area contributed by atoms with Gasteiger partial charge in [0, 0.05) is 25.7 Å². The number of alkyl carbamates (subject to hydrolysis) is 1. The molecular formula is C14H26N2O5. The Morgan fingerprint density at radius 3 is 2.62 bits per heavy atom. The largest absolute Gasteiger partial charge is 0.469 e. The lowest BCUT2D eigenvalue weighted by Crippen LogP contribution is -2.42. The van der Waals surface area contributed by atoms with E-state index in [-0.39, 0.29) is 18.4 Å². The number of amides is 1. The van der Waals surface area contributed by atoms with Crippen LogP contribution in [-0.4, -0.2) is 66.6 Å². The predicted octanol–water partition coefficient (Wildman–Crippen LogP) is 0.509. The minimum atomic E-state index is -0.538. The molecule has 0 saturated carbocycles. The van der Waals surface area contributed by atoms with Crippen LogP contribution in [0.25, 0.3) is 0 Å². The van der Waals surface area contributed by atoms with Crippen LogP contribution in [0.1, 0.15) is 33.6 Å². The number of aliphatic hydroxyl groups is 1. The van der Waals surface area contributed by atoms with Crippen molar-refractivity contribution >= 4 is 12.1 Å². The van der Waals surface area contributed by atoms with Gasteiger partial charge in [0.05, 0.1) is 19.6 Å². The normalized spacial score (nSPS) is 22.9. The van der Waals surface area contributed by atoms with Crippen molar-refractivity contribution in [3.63, 3.8) is 0 Å². The summed E-state index contributed by atoms with van der Waals surface area (Å²) in [5, 5.41) is 12.4. The van der Waals surface area contributed by atoms with Crippen molar-refractivity contribution in [2.24, 2.45) is 0 Å². The summed E-state index contributed by atoms with van der Waals surface area (Å²) in [5.74, 6) is -0.282. The second-order valence-electron chi connectivity index (χ2n) is 6.25. The predicted molar refractivity (Wildman–Crippen MR) is 76.9 cm³/mol. The maximum absolute atomic E-state index is 11.6. The lowest BCUT2D eigenvalue weighted by atomic mass is 10.2. The standard InChI is InChI=1S/C14H26N2O5/c1-14(2,3)21-13(19)15-8-10-7-11(17)9-16(10)6-5-12(18)20-4/h10-11,17H,5-9H2,1-4H3,(H,15,19)/t10-,11+/m1/s1. The molecular weight excluding hydrogens is 276 g/mol. The van der Waals surface area contributed by atoms with E-state index in [1.54, 1.807) is 20.8 Å². The van der Waals surface area contributed by atoms with E-state index in [1.807, 2.05) is 4.90 Å².